The fourth-order valence-corrected chi connectivity index (χ4v) is 2.43. The molecule has 4 heteroatoms. The summed E-state index contributed by atoms with van der Waals surface area (Å²) in [4.78, 5) is 2.47. The van der Waals surface area contributed by atoms with Crippen LogP contribution in [0.3, 0.4) is 0 Å². The molecule has 0 unspecified atom stereocenters. The number of fused-ring (bicyclic) bond motifs is 1. The van der Waals surface area contributed by atoms with Crippen LogP contribution in [-0.2, 0) is 0 Å². The molecule has 2 fully saturated rings. The minimum Gasteiger partial charge on any atom is -0.314 e. The monoisotopic (exact) mass is 226 g/mol. The number of halogens is 2. The topological polar surface area (TPSA) is 15.3 Å². The molecule has 0 bridgehead atoms. The molecule has 0 spiro atoms. The lowest BCUT2D eigenvalue weighted by molar-refractivity contribution is 0.135. The van der Waals surface area contributed by atoms with Crippen molar-refractivity contribution in [3.63, 3.8) is 0 Å². The van der Waals surface area contributed by atoms with E-state index in [-0.39, 0.29) is 24.8 Å². The van der Waals surface area contributed by atoms with Gasteiger partial charge in [0.1, 0.15) is 0 Å². The number of rotatable bonds is 0. The minimum absolute atomic E-state index is 0. The van der Waals surface area contributed by atoms with Crippen LogP contribution in [-0.4, -0.2) is 37.6 Å². The summed E-state index contributed by atoms with van der Waals surface area (Å²) in [5, 5.41) is 3.61. The SMILES string of the molecule is CN1CC[C@H]2NCCC[C@H]2C1.Cl.Cl. The molecule has 80 valence electrons. The Kier molecular flexibility index (Phi) is 6.31. The summed E-state index contributed by atoms with van der Waals surface area (Å²) in [6.07, 6.45) is 4.19. The van der Waals surface area contributed by atoms with E-state index >= 15 is 0 Å². The Morgan fingerprint density at radius 2 is 2.00 bits per heavy atom. The second-order valence-corrected chi connectivity index (χ2v) is 4.01. The number of likely N-dealkylation sites (tertiary alicyclic amines) is 1. The van der Waals surface area contributed by atoms with E-state index in [0.717, 1.165) is 12.0 Å². The third kappa shape index (κ3) is 3.28. The molecule has 0 aromatic carbocycles. The fourth-order valence-electron chi connectivity index (χ4n) is 2.43. The van der Waals surface area contributed by atoms with Crippen molar-refractivity contribution in [2.45, 2.75) is 25.3 Å². The van der Waals surface area contributed by atoms with Crippen molar-refractivity contribution in [2.24, 2.45) is 5.92 Å². The van der Waals surface area contributed by atoms with Crippen LogP contribution in [0.5, 0.6) is 0 Å². The minimum atomic E-state index is 0. The molecular formula is C9H20Cl2N2. The Labute approximate surface area is 93.3 Å². The van der Waals surface area contributed by atoms with Crippen LogP contribution in [0.1, 0.15) is 19.3 Å². The third-order valence-corrected chi connectivity index (χ3v) is 3.10. The molecule has 0 aromatic heterocycles. The molecule has 2 nitrogen and oxygen atoms in total. The Hall–Kier alpha value is 0.500. The number of hydrogen-bond acceptors (Lipinski definition) is 2. The molecule has 1 N–H and O–H groups in total. The Morgan fingerprint density at radius 1 is 1.23 bits per heavy atom. The molecule has 2 aliphatic rings. The molecule has 2 rings (SSSR count). The predicted octanol–water partition coefficient (Wildman–Crippen LogP) is 1.53. The van der Waals surface area contributed by atoms with Crippen LogP contribution >= 0.6 is 24.8 Å². The van der Waals surface area contributed by atoms with E-state index in [1.165, 1.54) is 38.9 Å². The van der Waals surface area contributed by atoms with E-state index < -0.39 is 0 Å². The van der Waals surface area contributed by atoms with Gasteiger partial charge in [-0.05, 0) is 45.3 Å². The van der Waals surface area contributed by atoms with Gasteiger partial charge in [-0.3, -0.25) is 0 Å². The Bertz CT molecular complexity index is 144. The fraction of sp³-hybridized carbons (Fsp3) is 1.00. The third-order valence-electron chi connectivity index (χ3n) is 3.10. The number of nitrogens with one attached hydrogen (secondary N) is 1. The zero-order valence-electron chi connectivity index (χ0n) is 8.16. The lowest BCUT2D eigenvalue weighted by Crippen LogP contribution is -2.50. The highest BCUT2D eigenvalue weighted by atomic mass is 35.5. The van der Waals surface area contributed by atoms with Crippen LogP contribution < -0.4 is 5.32 Å². The van der Waals surface area contributed by atoms with Gasteiger partial charge in [0.2, 0.25) is 0 Å². The van der Waals surface area contributed by atoms with Crippen LogP contribution in [0.15, 0.2) is 0 Å². The van der Waals surface area contributed by atoms with Crippen LogP contribution in [0.2, 0.25) is 0 Å². The largest absolute Gasteiger partial charge is 0.314 e. The van der Waals surface area contributed by atoms with Crippen LogP contribution in [0.25, 0.3) is 0 Å². The zero-order valence-corrected chi connectivity index (χ0v) is 9.79. The standard InChI is InChI=1S/C9H18N2.2ClH/c1-11-6-4-9-8(7-11)3-2-5-10-9;;/h8-10H,2-7H2,1H3;2*1H/t8-,9+;;/m0../s1. The summed E-state index contributed by atoms with van der Waals surface area (Å²) >= 11 is 0. The molecule has 0 saturated carbocycles. The first-order valence-corrected chi connectivity index (χ1v) is 4.78. The van der Waals surface area contributed by atoms with Crippen molar-refractivity contribution < 1.29 is 0 Å². The maximum Gasteiger partial charge on any atom is 0.0120 e. The van der Waals surface area contributed by atoms with Gasteiger partial charge in [0, 0.05) is 12.6 Å². The second-order valence-electron chi connectivity index (χ2n) is 4.01. The molecule has 2 atom stereocenters. The zero-order chi connectivity index (χ0) is 7.68. The smallest absolute Gasteiger partial charge is 0.0120 e. The first-order valence-electron chi connectivity index (χ1n) is 4.78. The molecular weight excluding hydrogens is 207 g/mol. The molecule has 2 saturated heterocycles. The van der Waals surface area contributed by atoms with Crippen molar-refractivity contribution >= 4 is 24.8 Å². The predicted molar refractivity (Wildman–Crippen MR) is 61.1 cm³/mol. The summed E-state index contributed by atoms with van der Waals surface area (Å²) in [5.41, 5.74) is 0. The van der Waals surface area contributed by atoms with Gasteiger partial charge in [-0.1, -0.05) is 0 Å². The molecule has 0 aliphatic carbocycles. The summed E-state index contributed by atoms with van der Waals surface area (Å²) in [7, 11) is 2.24. The highest BCUT2D eigenvalue weighted by Gasteiger charge is 2.28. The molecule has 0 aromatic rings. The summed E-state index contributed by atoms with van der Waals surface area (Å²) in [6, 6.07) is 0.847. The van der Waals surface area contributed by atoms with Gasteiger partial charge in [0.15, 0.2) is 0 Å². The highest BCUT2D eigenvalue weighted by Crippen LogP contribution is 2.23. The molecule has 13 heavy (non-hydrogen) atoms. The second kappa shape index (κ2) is 6.07. The summed E-state index contributed by atoms with van der Waals surface area (Å²) in [6.45, 7) is 3.86. The average molecular weight is 227 g/mol. The van der Waals surface area contributed by atoms with Gasteiger partial charge in [-0.25, -0.2) is 0 Å². The van der Waals surface area contributed by atoms with E-state index in [9.17, 15) is 0 Å². The van der Waals surface area contributed by atoms with Gasteiger partial charge >= 0.3 is 0 Å². The van der Waals surface area contributed by atoms with Gasteiger partial charge in [0.25, 0.3) is 0 Å². The maximum atomic E-state index is 3.61. The first kappa shape index (κ1) is 13.5. The van der Waals surface area contributed by atoms with Crippen molar-refractivity contribution in [1.29, 1.82) is 0 Å². The Morgan fingerprint density at radius 3 is 2.77 bits per heavy atom. The lowest BCUT2D eigenvalue weighted by atomic mass is 9.86. The number of hydrogen-bond donors (Lipinski definition) is 1. The van der Waals surface area contributed by atoms with E-state index in [4.69, 9.17) is 0 Å². The molecule has 0 amide bonds. The average Bonchev–Trinajstić information content (AvgIpc) is 2.04. The van der Waals surface area contributed by atoms with Crippen molar-refractivity contribution in [3.8, 4) is 0 Å². The quantitative estimate of drug-likeness (QED) is 0.675. The number of nitrogens with zero attached hydrogens (tertiary/aromatic N) is 1. The lowest BCUT2D eigenvalue weighted by Gasteiger charge is -2.40. The van der Waals surface area contributed by atoms with Crippen molar-refractivity contribution in [3.05, 3.63) is 0 Å². The normalized spacial score (nSPS) is 33.9. The van der Waals surface area contributed by atoms with E-state index in [1.807, 2.05) is 0 Å². The molecule has 0 radical (unpaired) electrons. The summed E-state index contributed by atoms with van der Waals surface area (Å²) < 4.78 is 0. The maximum absolute atomic E-state index is 3.61. The Balaban J connectivity index is 0.000000720. The first-order chi connectivity index (χ1) is 5.36. The van der Waals surface area contributed by atoms with Gasteiger partial charge in [0.05, 0.1) is 0 Å². The van der Waals surface area contributed by atoms with Crippen molar-refractivity contribution in [1.82, 2.24) is 10.2 Å². The van der Waals surface area contributed by atoms with E-state index in [2.05, 4.69) is 17.3 Å². The summed E-state index contributed by atoms with van der Waals surface area (Å²) in [5.74, 6) is 0.947. The number of piperidine rings is 2. The van der Waals surface area contributed by atoms with E-state index in [1.54, 1.807) is 0 Å². The van der Waals surface area contributed by atoms with Gasteiger partial charge in [-0.2, -0.15) is 0 Å². The van der Waals surface area contributed by atoms with Crippen LogP contribution in [0, 0.1) is 5.92 Å². The molecule has 2 aliphatic heterocycles. The van der Waals surface area contributed by atoms with E-state index in [0.29, 0.717) is 0 Å². The molecule has 2 heterocycles. The van der Waals surface area contributed by atoms with Crippen molar-refractivity contribution in [2.75, 3.05) is 26.7 Å². The van der Waals surface area contributed by atoms with Gasteiger partial charge in [-0.15, -0.1) is 24.8 Å². The van der Waals surface area contributed by atoms with Gasteiger partial charge < -0.3 is 10.2 Å². The highest BCUT2D eigenvalue weighted by molar-refractivity contribution is 5.85. The van der Waals surface area contributed by atoms with Crippen LogP contribution in [0.4, 0.5) is 0 Å².